The topological polar surface area (TPSA) is 40.2 Å². The molecule has 0 radical (unpaired) electrons. The first-order valence-electron chi connectivity index (χ1n) is 11.6. The summed E-state index contributed by atoms with van der Waals surface area (Å²) in [4.78, 5) is 0. The van der Waals surface area contributed by atoms with Crippen molar-refractivity contribution >= 4 is 28.2 Å². The molecule has 4 nitrogen and oxygen atoms in total. The summed E-state index contributed by atoms with van der Waals surface area (Å²) in [6, 6.07) is 0. The fourth-order valence-corrected chi connectivity index (χ4v) is 6.40. The second-order valence-electron chi connectivity index (χ2n) is 12.9. The van der Waals surface area contributed by atoms with Gasteiger partial charge in [0.25, 0.3) is 0 Å². The highest BCUT2D eigenvalue weighted by atomic mass is 35.5. The summed E-state index contributed by atoms with van der Waals surface area (Å²) in [6.07, 6.45) is 1.70. The molecule has 2 aliphatic rings. The second-order valence-corrected chi connectivity index (χ2v) is 22.8. The van der Waals surface area contributed by atoms with Gasteiger partial charge in [-0.05, 0) is 49.1 Å². The Morgan fingerprint density at radius 2 is 1.47 bits per heavy atom. The van der Waals surface area contributed by atoms with Crippen LogP contribution in [0.15, 0.2) is 0 Å². The molecule has 0 aromatic rings. The Kier molecular flexibility index (Phi) is 7.51. The molecule has 30 heavy (non-hydrogen) atoms. The van der Waals surface area contributed by atoms with E-state index in [1.807, 2.05) is 0 Å². The molecule has 0 N–H and O–H groups in total. The minimum Gasteiger partial charge on any atom is -0.414 e. The van der Waals surface area contributed by atoms with E-state index in [0.717, 1.165) is 12.8 Å². The van der Waals surface area contributed by atoms with Gasteiger partial charge in [-0.3, -0.25) is 0 Å². The monoisotopic (exact) mass is 478 g/mol. The van der Waals surface area contributed by atoms with Crippen LogP contribution < -0.4 is 0 Å². The summed E-state index contributed by atoms with van der Waals surface area (Å²) in [5, 5.41) is 0.281. The Bertz CT molecular complexity index is 609. The van der Waals surface area contributed by atoms with E-state index < -0.39 is 22.4 Å². The van der Waals surface area contributed by atoms with Crippen molar-refractivity contribution < 1.29 is 18.3 Å². The van der Waals surface area contributed by atoms with E-state index in [9.17, 15) is 0 Å². The lowest BCUT2D eigenvalue weighted by Gasteiger charge is -2.49. The van der Waals surface area contributed by atoms with E-state index in [-0.39, 0.29) is 33.8 Å². The van der Waals surface area contributed by atoms with Crippen molar-refractivity contribution in [1.29, 1.82) is 0 Å². The molecule has 0 bridgehead atoms. The lowest BCUT2D eigenvalue weighted by molar-refractivity contribution is -0.180. The molecule has 2 saturated heterocycles. The summed E-state index contributed by atoms with van der Waals surface area (Å²) >= 11 is 6.04. The average Bonchev–Trinajstić information content (AvgIpc) is 3.27. The van der Waals surface area contributed by atoms with Crippen LogP contribution >= 0.6 is 11.6 Å². The zero-order chi connectivity index (χ0) is 23.4. The third kappa shape index (κ3) is 4.90. The van der Waals surface area contributed by atoms with Crippen LogP contribution in [0.2, 0.25) is 36.3 Å². The summed E-state index contributed by atoms with van der Waals surface area (Å²) in [5.41, 5.74) is -0.243. The first-order valence-corrected chi connectivity index (χ1v) is 17.9. The number of alkyl halides is 1. The molecule has 0 aliphatic carbocycles. The molecule has 0 saturated carbocycles. The molecular weight excluding hydrogens is 432 g/mol. The Balaban J connectivity index is 2.29. The van der Waals surface area contributed by atoms with Crippen LogP contribution in [-0.4, -0.2) is 53.2 Å². The van der Waals surface area contributed by atoms with Gasteiger partial charge in [-0.15, -0.1) is 11.6 Å². The predicted octanol–water partition coefficient (Wildman–Crippen LogP) is 6.94. The van der Waals surface area contributed by atoms with Crippen molar-refractivity contribution in [1.82, 2.24) is 0 Å². The van der Waals surface area contributed by atoms with Gasteiger partial charge in [0.1, 0.15) is 12.2 Å². The van der Waals surface area contributed by atoms with Crippen molar-refractivity contribution in [2.75, 3.05) is 12.5 Å². The van der Waals surface area contributed by atoms with Gasteiger partial charge in [0.05, 0.1) is 12.7 Å². The first kappa shape index (κ1) is 26.8. The highest BCUT2D eigenvalue weighted by molar-refractivity contribution is 6.74. The van der Waals surface area contributed by atoms with E-state index in [1.165, 1.54) is 0 Å². The van der Waals surface area contributed by atoms with Gasteiger partial charge in [0, 0.05) is 11.3 Å². The molecule has 2 heterocycles. The molecule has 0 aromatic carbocycles. The Morgan fingerprint density at radius 1 is 0.933 bits per heavy atom. The normalized spacial score (nSPS) is 32.1. The number of hydrogen-bond donors (Lipinski definition) is 0. The van der Waals surface area contributed by atoms with Gasteiger partial charge < -0.3 is 18.3 Å². The highest BCUT2D eigenvalue weighted by Crippen LogP contribution is 2.62. The lowest BCUT2D eigenvalue weighted by atomic mass is 9.74. The summed E-state index contributed by atoms with van der Waals surface area (Å²) in [5.74, 6) is 0.0497. The number of ether oxygens (including phenoxy) is 2. The highest BCUT2D eigenvalue weighted by Gasteiger charge is 2.76. The molecule has 178 valence electrons. The standard InChI is InChI=1S/C23H47ClO4Si2/c1-20(2,3)29(9,10)25-16-17-19-23(27-19,28-30(11,12)21(4,5)6)22(7,8)18(26-17)14-13-15-24/h17-19H,13-16H2,1-12H3/t17-,18-,19+,23-/m1/s1. The molecule has 7 heteroatoms. The van der Waals surface area contributed by atoms with E-state index in [1.54, 1.807) is 0 Å². The van der Waals surface area contributed by atoms with Crippen molar-refractivity contribution in [3.05, 3.63) is 0 Å². The molecule has 0 spiro atoms. The second kappa shape index (κ2) is 8.41. The fraction of sp³-hybridized carbons (Fsp3) is 1.00. The largest absolute Gasteiger partial charge is 0.414 e. The quantitative estimate of drug-likeness (QED) is 0.215. The van der Waals surface area contributed by atoms with Gasteiger partial charge in [-0.1, -0.05) is 55.4 Å². The van der Waals surface area contributed by atoms with Crippen molar-refractivity contribution in [3.8, 4) is 0 Å². The number of halogens is 1. The predicted molar refractivity (Wildman–Crippen MR) is 131 cm³/mol. The Labute approximate surface area is 193 Å². The zero-order valence-electron chi connectivity index (χ0n) is 21.6. The maximum absolute atomic E-state index is 7.02. The number of rotatable bonds is 8. The van der Waals surface area contributed by atoms with Gasteiger partial charge in [0.2, 0.25) is 0 Å². The van der Waals surface area contributed by atoms with Crippen LogP contribution in [0.3, 0.4) is 0 Å². The van der Waals surface area contributed by atoms with Gasteiger partial charge in [-0.2, -0.15) is 0 Å². The van der Waals surface area contributed by atoms with E-state index in [0.29, 0.717) is 12.5 Å². The lowest BCUT2D eigenvalue weighted by Crippen LogP contribution is -2.60. The van der Waals surface area contributed by atoms with Crippen molar-refractivity contribution in [3.63, 3.8) is 0 Å². The summed E-state index contributed by atoms with van der Waals surface area (Å²) < 4.78 is 26.7. The van der Waals surface area contributed by atoms with Crippen molar-refractivity contribution in [2.45, 2.75) is 129 Å². The third-order valence-corrected chi connectivity index (χ3v) is 17.4. The minimum absolute atomic E-state index is 0.0350. The van der Waals surface area contributed by atoms with E-state index in [2.05, 4.69) is 81.6 Å². The van der Waals surface area contributed by atoms with Crippen LogP contribution in [0, 0.1) is 5.41 Å². The average molecular weight is 479 g/mol. The van der Waals surface area contributed by atoms with Gasteiger partial charge in [0.15, 0.2) is 22.4 Å². The maximum Gasteiger partial charge on any atom is 0.196 e. The molecule has 0 unspecified atom stereocenters. The summed E-state index contributed by atoms with van der Waals surface area (Å²) in [6.45, 7) is 27.9. The van der Waals surface area contributed by atoms with Crippen LogP contribution in [0.4, 0.5) is 0 Å². The molecule has 2 aliphatic heterocycles. The minimum atomic E-state index is -2.03. The van der Waals surface area contributed by atoms with Crippen LogP contribution in [-0.2, 0) is 18.3 Å². The fourth-order valence-electron chi connectivity index (χ4n) is 3.74. The Hall–Kier alpha value is 0.564. The smallest absolute Gasteiger partial charge is 0.196 e. The molecule has 4 atom stereocenters. The van der Waals surface area contributed by atoms with Crippen molar-refractivity contribution in [2.24, 2.45) is 5.41 Å². The van der Waals surface area contributed by atoms with E-state index >= 15 is 0 Å². The maximum atomic E-state index is 7.02. The molecular formula is C23H47ClO4Si2. The summed E-state index contributed by atoms with van der Waals surface area (Å²) in [7, 11) is -3.90. The van der Waals surface area contributed by atoms with Crippen LogP contribution in [0.5, 0.6) is 0 Å². The van der Waals surface area contributed by atoms with Gasteiger partial charge in [-0.25, -0.2) is 0 Å². The number of hydrogen-bond acceptors (Lipinski definition) is 4. The first-order chi connectivity index (χ1) is 13.3. The molecule has 2 rings (SSSR count). The number of epoxide rings is 1. The molecule has 0 aromatic heterocycles. The number of fused-ring (bicyclic) bond motifs is 1. The Morgan fingerprint density at radius 3 is 1.93 bits per heavy atom. The SMILES string of the molecule is CC1(C)[C@@H](CCCCl)O[C@H](CO[Si](C)(C)C(C)(C)C)[C@@H]2O[C@@]21O[Si](C)(C)C(C)(C)C. The van der Waals surface area contributed by atoms with Crippen LogP contribution in [0.25, 0.3) is 0 Å². The third-order valence-electron chi connectivity index (χ3n) is 8.23. The van der Waals surface area contributed by atoms with Crippen LogP contribution in [0.1, 0.15) is 68.2 Å². The van der Waals surface area contributed by atoms with Gasteiger partial charge >= 0.3 is 0 Å². The molecule has 0 amide bonds. The van der Waals surface area contributed by atoms with E-state index in [4.69, 9.17) is 29.9 Å². The zero-order valence-corrected chi connectivity index (χ0v) is 24.3. The molecule has 2 fully saturated rings.